The average Bonchev–Trinajstić information content (AvgIpc) is 2.96. The van der Waals surface area contributed by atoms with Crippen molar-refractivity contribution in [2.24, 2.45) is 0 Å². The van der Waals surface area contributed by atoms with Gasteiger partial charge in [0.15, 0.2) is 0 Å². The van der Waals surface area contributed by atoms with Crippen molar-refractivity contribution in [3.05, 3.63) is 42.0 Å². The molecule has 0 spiro atoms. The summed E-state index contributed by atoms with van der Waals surface area (Å²) in [6.07, 6.45) is 5.77. The lowest BCUT2D eigenvalue weighted by Crippen LogP contribution is -2.46. The number of ether oxygens (including phenoxy) is 1. The lowest BCUT2D eigenvalue weighted by Gasteiger charge is -2.30. The van der Waals surface area contributed by atoms with Crippen LogP contribution in [0.1, 0.15) is 45.6 Å². The highest BCUT2D eigenvalue weighted by Crippen LogP contribution is 2.29. The molecule has 0 aromatic heterocycles. The number of benzene rings is 1. The Hall–Kier alpha value is -1.37. The van der Waals surface area contributed by atoms with Gasteiger partial charge in [-0.15, -0.1) is 0 Å². The van der Waals surface area contributed by atoms with E-state index in [4.69, 9.17) is 4.74 Å². The first-order valence-corrected chi connectivity index (χ1v) is 10.2. The van der Waals surface area contributed by atoms with Gasteiger partial charge in [-0.2, -0.15) is 0 Å². The van der Waals surface area contributed by atoms with Gasteiger partial charge < -0.3 is 9.64 Å². The van der Waals surface area contributed by atoms with Gasteiger partial charge in [0.1, 0.15) is 11.6 Å². The number of alkyl halides is 1. The van der Waals surface area contributed by atoms with Crippen LogP contribution in [0.25, 0.3) is 6.08 Å². The molecule has 5 heteroatoms. The molecule has 25 heavy (non-hydrogen) atoms. The van der Waals surface area contributed by atoms with Crippen molar-refractivity contribution >= 4 is 40.5 Å². The van der Waals surface area contributed by atoms with Crippen molar-refractivity contribution in [1.29, 1.82) is 0 Å². The van der Waals surface area contributed by atoms with Crippen LogP contribution in [0.15, 0.2) is 36.4 Å². The van der Waals surface area contributed by atoms with Crippen LogP contribution in [0.2, 0.25) is 0 Å². The Morgan fingerprint density at radius 3 is 2.52 bits per heavy atom. The zero-order chi connectivity index (χ0) is 18.4. The second-order valence-electron chi connectivity index (χ2n) is 7.25. The second-order valence-corrected chi connectivity index (χ2v) is 8.33. The van der Waals surface area contributed by atoms with Crippen molar-refractivity contribution in [1.82, 2.24) is 4.90 Å². The molecule has 136 valence electrons. The first kappa shape index (κ1) is 19.9. The number of carbonyl (C=O) groups is 2. The van der Waals surface area contributed by atoms with E-state index in [1.165, 1.54) is 0 Å². The van der Waals surface area contributed by atoms with Crippen molar-refractivity contribution in [3.8, 4) is 0 Å². The van der Waals surface area contributed by atoms with E-state index in [9.17, 15) is 9.59 Å². The van der Waals surface area contributed by atoms with Crippen molar-refractivity contribution in [2.75, 3.05) is 4.43 Å². The summed E-state index contributed by atoms with van der Waals surface area (Å²) < 4.78 is 6.49. The third-order valence-electron chi connectivity index (χ3n) is 4.10. The summed E-state index contributed by atoms with van der Waals surface area (Å²) in [4.78, 5) is 27.1. The molecule has 1 saturated heterocycles. The molecule has 1 aliphatic heterocycles. The third kappa shape index (κ3) is 5.83. The number of halogens is 1. The number of hydrogen-bond donors (Lipinski definition) is 0. The van der Waals surface area contributed by atoms with Gasteiger partial charge in [0.05, 0.1) is 0 Å². The number of hydrogen-bond acceptors (Lipinski definition) is 3. The number of likely N-dealkylation sites (tertiary alicyclic amines) is 1. The van der Waals surface area contributed by atoms with E-state index in [1.807, 2.05) is 51.1 Å². The molecular weight excluding hydrogens is 429 g/mol. The van der Waals surface area contributed by atoms with Gasteiger partial charge in [0.2, 0.25) is 5.91 Å². The van der Waals surface area contributed by atoms with Crippen LogP contribution in [0, 0.1) is 0 Å². The average molecular weight is 455 g/mol. The molecule has 0 N–H and O–H groups in total. The fraction of sp³-hybridized carbons (Fsp3) is 0.500. The van der Waals surface area contributed by atoms with Gasteiger partial charge >= 0.3 is 5.97 Å². The normalized spacial score (nSPS) is 20.9. The lowest BCUT2D eigenvalue weighted by atomic mass is 10.1. The van der Waals surface area contributed by atoms with Crippen molar-refractivity contribution in [2.45, 2.75) is 57.7 Å². The number of nitrogens with zero attached hydrogens (tertiary/aromatic N) is 1. The quantitative estimate of drug-likeness (QED) is 0.289. The molecule has 2 atom stereocenters. The van der Waals surface area contributed by atoms with E-state index in [1.54, 1.807) is 17.1 Å². The molecule has 1 heterocycles. The van der Waals surface area contributed by atoms with Gasteiger partial charge in [-0.3, -0.25) is 4.79 Å². The number of esters is 1. The Kier molecular flexibility index (Phi) is 7.04. The summed E-state index contributed by atoms with van der Waals surface area (Å²) >= 11 is 2.32. The van der Waals surface area contributed by atoms with Gasteiger partial charge in [0.25, 0.3) is 0 Å². The number of carbonyl (C=O) groups excluding carboxylic acids is 2. The maximum Gasteiger partial charge on any atom is 0.329 e. The van der Waals surface area contributed by atoms with Crippen molar-refractivity contribution in [3.63, 3.8) is 0 Å². The minimum Gasteiger partial charge on any atom is -0.458 e. The first-order chi connectivity index (χ1) is 11.8. The first-order valence-electron chi connectivity index (χ1n) is 8.66. The Balaban J connectivity index is 2.16. The van der Waals surface area contributed by atoms with Crippen LogP contribution >= 0.6 is 22.6 Å². The highest BCUT2D eigenvalue weighted by Gasteiger charge is 2.41. The highest BCUT2D eigenvalue weighted by molar-refractivity contribution is 14.1. The summed E-state index contributed by atoms with van der Waals surface area (Å²) in [5.74, 6) is -0.419. The molecule has 0 saturated carbocycles. The summed E-state index contributed by atoms with van der Waals surface area (Å²) in [6.45, 7) is 5.55. The van der Waals surface area contributed by atoms with Crippen LogP contribution in [-0.2, 0) is 14.3 Å². The predicted molar refractivity (Wildman–Crippen MR) is 108 cm³/mol. The van der Waals surface area contributed by atoms with Gasteiger partial charge in [-0.05, 0) is 51.7 Å². The second kappa shape index (κ2) is 8.83. The minimum atomic E-state index is -0.549. The summed E-state index contributed by atoms with van der Waals surface area (Å²) in [7, 11) is 0. The highest BCUT2D eigenvalue weighted by atomic mass is 127. The Labute approximate surface area is 163 Å². The summed E-state index contributed by atoms with van der Waals surface area (Å²) in [6, 6.07) is 9.31. The molecule has 0 bridgehead atoms. The minimum absolute atomic E-state index is 0.0994. The molecule has 1 aromatic rings. The van der Waals surface area contributed by atoms with Crippen LogP contribution in [0.4, 0.5) is 0 Å². The van der Waals surface area contributed by atoms with E-state index >= 15 is 0 Å². The molecule has 0 radical (unpaired) electrons. The number of rotatable bonds is 5. The maximum absolute atomic E-state index is 12.8. The Morgan fingerprint density at radius 1 is 1.24 bits per heavy atom. The standard InChI is InChI=1S/C20H26INO3/c1-20(2,3)25-19(24)17-11-10-16(13-14-21)22(17)18(23)12-9-15-7-5-4-6-8-15/h4-9,12,16-17H,10-11,13-14H2,1-3H3/b12-9+/t16-,17+/m1/s1. The molecule has 2 rings (SSSR count). The van der Waals surface area contributed by atoms with Crippen LogP contribution in [-0.4, -0.2) is 38.9 Å². The molecule has 1 fully saturated rings. The summed E-state index contributed by atoms with van der Waals surface area (Å²) in [5.41, 5.74) is 0.418. The fourth-order valence-corrected chi connectivity index (χ4v) is 3.76. The Bertz CT molecular complexity index is 622. The van der Waals surface area contributed by atoms with Gasteiger partial charge in [0, 0.05) is 16.5 Å². The molecule has 1 aliphatic rings. The topological polar surface area (TPSA) is 46.6 Å². The van der Waals surface area contributed by atoms with Crippen LogP contribution in [0.3, 0.4) is 0 Å². The molecule has 1 amide bonds. The third-order valence-corrected chi connectivity index (χ3v) is 4.72. The monoisotopic (exact) mass is 455 g/mol. The van der Waals surface area contributed by atoms with E-state index in [2.05, 4.69) is 22.6 Å². The predicted octanol–water partition coefficient (Wildman–Crippen LogP) is 4.23. The zero-order valence-electron chi connectivity index (χ0n) is 15.1. The van der Waals surface area contributed by atoms with Gasteiger partial charge in [-0.25, -0.2) is 4.79 Å². The largest absolute Gasteiger partial charge is 0.458 e. The molecule has 0 aliphatic carbocycles. The lowest BCUT2D eigenvalue weighted by molar-refractivity contribution is -0.163. The fourth-order valence-electron chi connectivity index (χ4n) is 3.04. The van der Waals surface area contributed by atoms with E-state index in [-0.39, 0.29) is 17.9 Å². The molecule has 4 nitrogen and oxygen atoms in total. The molecular formula is C20H26INO3. The van der Waals surface area contributed by atoms with Crippen molar-refractivity contribution < 1.29 is 14.3 Å². The SMILES string of the molecule is CC(C)(C)OC(=O)[C@@H]1CC[C@H](CCI)N1C(=O)/C=C/c1ccccc1. The zero-order valence-corrected chi connectivity index (χ0v) is 17.2. The Morgan fingerprint density at radius 2 is 1.92 bits per heavy atom. The maximum atomic E-state index is 12.8. The summed E-state index contributed by atoms with van der Waals surface area (Å²) in [5, 5.41) is 0. The van der Waals surface area contributed by atoms with E-state index in [0.717, 1.165) is 22.8 Å². The van der Waals surface area contributed by atoms with Crippen LogP contribution < -0.4 is 0 Å². The van der Waals surface area contributed by atoms with Crippen LogP contribution in [0.5, 0.6) is 0 Å². The number of amides is 1. The van der Waals surface area contributed by atoms with E-state index in [0.29, 0.717) is 6.42 Å². The van der Waals surface area contributed by atoms with E-state index < -0.39 is 11.6 Å². The van der Waals surface area contributed by atoms with Gasteiger partial charge in [-0.1, -0.05) is 52.9 Å². The molecule has 1 aromatic carbocycles. The molecule has 0 unspecified atom stereocenters. The smallest absolute Gasteiger partial charge is 0.329 e.